The van der Waals surface area contributed by atoms with Gasteiger partial charge in [-0.1, -0.05) is 220 Å². The Morgan fingerprint density at radius 1 is 0.407 bits per heavy atom. The summed E-state index contributed by atoms with van der Waals surface area (Å²) in [5.41, 5.74) is 0. The first kappa shape index (κ1) is 56.3. The average molecular weight is 819 g/mol. The third-order valence-electron chi connectivity index (χ3n) is 10.4. The molecule has 0 aliphatic carbocycles. The molecule has 0 saturated heterocycles. The summed E-state index contributed by atoms with van der Waals surface area (Å²) >= 11 is 0. The lowest BCUT2D eigenvalue weighted by Crippen LogP contribution is -2.27. The van der Waals surface area contributed by atoms with E-state index in [0.717, 1.165) is 70.6 Å². The van der Waals surface area contributed by atoms with Crippen molar-refractivity contribution in [2.75, 3.05) is 19.8 Å². The molecule has 0 saturated carbocycles. The lowest BCUT2D eigenvalue weighted by Gasteiger charge is -2.16. The van der Waals surface area contributed by atoms with Crippen LogP contribution in [0.15, 0.2) is 97.2 Å². The Labute approximate surface area is 366 Å². The fourth-order valence-electron chi connectivity index (χ4n) is 6.78. The van der Waals surface area contributed by atoms with Crippen LogP contribution in [0.3, 0.4) is 0 Å². The smallest absolute Gasteiger partial charge is 0.306 e. The van der Waals surface area contributed by atoms with E-state index in [1.807, 2.05) is 0 Å². The highest BCUT2D eigenvalue weighted by atomic mass is 16.6. The van der Waals surface area contributed by atoms with Crippen LogP contribution < -0.4 is 0 Å². The Morgan fingerprint density at radius 3 is 1.07 bits per heavy atom. The van der Waals surface area contributed by atoms with Crippen LogP contribution in [0, 0.1) is 0 Å². The van der Waals surface area contributed by atoms with Gasteiger partial charge in [0.2, 0.25) is 0 Å². The van der Waals surface area contributed by atoms with Crippen molar-refractivity contribution in [3.8, 4) is 0 Å². The van der Waals surface area contributed by atoms with Gasteiger partial charge in [0.15, 0.2) is 0 Å². The van der Waals surface area contributed by atoms with Gasteiger partial charge in [-0.05, 0) is 89.9 Å². The first-order valence-corrected chi connectivity index (χ1v) is 24.8. The largest absolute Gasteiger partial charge is 0.457 e. The van der Waals surface area contributed by atoms with Crippen LogP contribution in [0.25, 0.3) is 0 Å². The predicted octanol–water partition coefficient (Wildman–Crippen LogP) is 16.9. The first-order chi connectivity index (χ1) is 29.2. The van der Waals surface area contributed by atoms with Crippen LogP contribution >= 0.6 is 0 Å². The maximum Gasteiger partial charge on any atom is 0.306 e. The fraction of sp³-hybridized carbons (Fsp3) is 0.691. The van der Waals surface area contributed by atoms with Crippen LogP contribution in [-0.4, -0.2) is 37.0 Å². The third-order valence-corrected chi connectivity index (χ3v) is 10.4. The van der Waals surface area contributed by atoms with Crippen LogP contribution in [-0.2, 0) is 14.3 Å². The average Bonchev–Trinajstić information content (AvgIpc) is 3.24. The highest BCUT2D eigenvalue weighted by Crippen LogP contribution is 2.14. The summed E-state index contributed by atoms with van der Waals surface area (Å²) in [4.78, 5) is 12.3. The van der Waals surface area contributed by atoms with E-state index in [1.165, 1.54) is 128 Å². The molecule has 0 heterocycles. The summed E-state index contributed by atoms with van der Waals surface area (Å²) in [7, 11) is 0. The summed E-state index contributed by atoms with van der Waals surface area (Å²) in [5, 5.41) is 9.65. The van der Waals surface area contributed by atoms with E-state index in [2.05, 4.69) is 111 Å². The second kappa shape index (κ2) is 51.5. The topological polar surface area (TPSA) is 55.8 Å². The molecule has 0 aromatic rings. The van der Waals surface area contributed by atoms with Crippen molar-refractivity contribution in [1.29, 1.82) is 0 Å². The Morgan fingerprint density at radius 2 is 0.712 bits per heavy atom. The lowest BCUT2D eigenvalue weighted by molar-refractivity contribution is -0.154. The molecule has 1 N–H and O–H groups in total. The number of aliphatic hydroxyl groups excluding tert-OH is 1. The van der Waals surface area contributed by atoms with Crippen molar-refractivity contribution in [3.05, 3.63) is 97.2 Å². The number of hydrogen-bond donors (Lipinski definition) is 1. The molecule has 0 fully saturated rings. The van der Waals surface area contributed by atoms with Gasteiger partial charge in [-0.25, -0.2) is 0 Å². The Hall–Kier alpha value is -2.69. The molecule has 4 heteroatoms. The van der Waals surface area contributed by atoms with Gasteiger partial charge in [-0.2, -0.15) is 0 Å². The predicted molar refractivity (Wildman–Crippen MR) is 260 cm³/mol. The van der Waals surface area contributed by atoms with Gasteiger partial charge >= 0.3 is 5.97 Å². The van der Waals surface area contributed by atoms with Crippen molar-refractivity contribution in [1.82, 2.24) is 0 Å². The molecule has 4 nitrogen and oxygen atoms in total. The molecule has 0 amide bonds. The Balaban J connectivity index is 3.45. The minimum absolute atomic E-state index is 0.179. The number of ether oxygens (including phenoxy) is 2. The zero-order chi connectivity index (χ0) is 42.6. The number of aliphatic hydroxyl groups is 1. The molecule has 0 aliphatic rings. The van der Waals surface area contributed by atoms with E-state index in [-0.39, 0.29) is 19.2 Å². The monoisotopic (exact) mass is 819 g/mol. The summed E-state index contributed by atoms with van der Waals surface area (Å²) in [6.07, 6.45) is 73.5. The first-order valence-electron chi connectivity index (χ1n) is 24.8. The standard InChI is InChI=1S/C55H94O4/c1-3-5-7-9-11-13-15-17-19-21-23-25-27-28-29-30-32-34-36-38-40-42-44-46-48-50-55(57)59-54(52-56)53-58-51-49-47-45-43-41-39-37-35-33-31-26-24-22-20-18-16-14-12-10-8-6-4-2/h5-8,11-14,17-20,23-26,54,56H,3-4,9-10,15-16,21-22,27-53H2,1-2H3/b7-5-,8-6-,13-11-,14-12-,19-17-,20-18-,25-23-,26-24-. The fourth-order valence-corrected chi connectivity index (χ4v) is 6.78. The SMILES string of the molecule is CC/C=C\C/C=C\C/C=C\C/C=C\CCCCCCCCCCCCCCC(=O)OC(CO)COCCCCCCCCCCC/C=C\C/C=C\C/C=C\C/C=C\CC. The van der Waals surface area contributed by atoms with Crippen molar-refractivity contribution < 1.29 is 19.4 Å². The zero-order valence-electron chi connectivity index (χ0n) is 38.7. The summed E-state index contributed by atoms with van der Waals surface area (Å²) in [6.45, 7) is 5.11. The second-order valence-electron chi connectivity index (χ2n) is 16.1. The highest BCUT2D eigenvalue weighted by molar-refractivity contribution is 5.69. The van der Waals surface area contributed by atoms with Gasteiger partial charge in [-0.3, -0.25) is 4.79 Å². The minimum atomic E-state index is -0.545. The summed E-state index contributed by atoms with van der Waals surface area (Å²) in [6, 6.07) is 0. The molecule has 1 unspecified atom stereocenters. The molecular weight excluding hydrogens is 725 g/mol. The van der Waals surface area contributed by atoms with Crippen LogP contribution in [0.1, 0.15) is 219 Å². The Kier molecular flexibility index (Phi) is 49.1. The molecule has 0 spiro atoms. The highest BCUT2D eigenvalue weighted by Gasteiger charge is 2.13. The quantitative estimate of drug-likeness (QED) is 0.0378. The van der Waals surface area contributed by atoms with Crippen molar-refractivity contribution in [2.45, 2.75) is 225 Å². The number of unbranched alkanes of at least 4 members (excludes halogenated alkanes) is 21. The number of carbonyl (C=O) groups excluding carboxylic acids is 1. The maximum atomic E-state index is 12.3. The van der Waals surface area contributed by atoms with E-state index in [9.17, 15) is 9.90 Å². The van der Waals surface area contributed by atoms with E-state index in [1.54, 1.807) is 0 Å². The molecule has 59 heavy (non-hydrogen) atoms. The molecule has 338 valence electrons. The Bertz CT molecular complexity index is 1090. The van der Waals surface area contributed by atoms with Crippen molar-refractivity contribution >= 4 is 5.97 Å². The van der Waals surface area contributed by atoms with E-state index in [0.29, 0.717) is 13.0 Å². The zero-order valence-corrected chi connectivity index (χ0v) is 38.7. The van der Waals surface area contributed by atoms with Gasteiger partial charge in [0.05, 0.1) is 13.2 Å². The van der Waals surface area contributed by atoms with Gasteiger partial charge in [0, 0.05) is 13.0 Å². The van der Waals surface area contributed by atoms with Crippen molar-refractivity contribution in [2.24, 2.45) is 0 Å². The maximum absolute atomic E-state index is 12.3. The van der Waals surface area contributed by atoms with E-state index >= 15 is 0 Å². The van der Waals surface area contributed by atoms with Gasteiger partial charge in [-0.15, -0.1) is 0 Å². The molecule has 0 aliphatic heterocycles. The molecule has 0 radical (unpaired) electrons. The number of allylic oxidation sites excluding steroid dienone is 16. The van der Waals surface area contributed by atoms with Gasteiger partial charge < -0.3 is 14.6 Å². The van der Waals surface area contributed by atoms with Crippen LogP contribution in [0.2, 0.25) is 0 Å². The lowest BCUT2D eigenvalue weighted by atomic mass is 10.0. The number of carbonyl (C=O) groups is 1. The molecule has 0 rings (SSSR count). The second-order valence-corrected chi connectivity index (χ2v) is 16.1. The van der Waals surface area contributed by atoms with Crippen LogP contribution in [0.5, 0.6) is 0 Å². The number of hydrogen-bond acceptors (Lipinski definition) is 4. The summed E-state index contributed by atoms with van der Waals surface area (Å²) < 4.78 is 11.2. The molecule has 1 atom stereocenters. The molecule has 0 aromatic heterocycles. The molecule has 0 bridgehead atoms. The minimum Gasteiger partial charge on any atom is -0.457 e. The van der Waals surface area contributed by atoms with Gasteiger partial charge in [0.1, 0.15) is 6.10 Å². The normalized spacial score (nSPS) is 13.2. The van der Waals surface area contributed by atoms with E-state index in [4.69, 9.17) is 9.47 Å². The molecular formula is C55H94O4. The number of rotatable bonds is 45. The molecule has 0 aromatic carbocycles. The number of esters is 1. The van der Waals surface area contributed by atoms with E-state index < -0.39 is 6.10 Å². The van der Waals surface area contributed by atoms with Crippen molar-refractivity contribution in [3.63, 3.8) is 0 Å². The summed E-state index contributed by atoms with van der Waals surface area (Å²) in [5.74, 6) is -0.208. The van der Waals surface area contributed by atoms with Crippen LogP contribution in [0.4, 0.5) is 0 Å². The third kappa shape index (κ3) is 49.6. The van der Waals surface area contributed by atoms with Gasteiger partial charge in [0.25, 0.3) is 0 Å².